The highest BCUT2D eigenvalue weighted by Gasteiger charge is 2.52. The lowest BCUT2D eigenvalue weighted by Gasteiger charge is -2.47. The van der Waals surface area contributed by atoms with Crippen molar-refractivity contribution >= 4 is 11.8 Å². The number of rotatable bonds is 4. The average molecular weight is 677 g/mol. The number of ether oxygens (including phenoxy) is 6. The first-order chi connectivity index (χ1) is 24.7. The molecule has 0 aromatic heterocycles. The molecule has 0 unspecified atom stereocenters. The normalized spacial score (nSPS) is 23.7. The van der Waals surface area contributed by atoms with E-state index in [0.29, 0.717) is 75.7 Å². The lowest BCUT2D eigenvalue weighted by molar-refractivity contribution is -0.166. The molecule has 258 valence electrons. The molecule has 3 aliphatic heterocycles. The van der Waals surface area contributed by atoms with E-state index in [9.17, 15) is 9.59 Å². The second kappa shape index (κ2) is 15.9. The van der Waals surface area contributed by atoms with Crippen LogP contribution in [0.1, 0.15) is 23.2 Å². The highest BCUT2D eigenvalue weighted by atomic mass is 16.5. The zero-order valence-corrected chi connectivity index (χ0v) is 27.7. The molecular formula is C40H40N2O8. The van der Waals surface area contributed by atoms with Crippen molar-refractivity contribution in [1.82, 2.24) is 9.80 Å². The van der Waals surface area contributed by atoms with E-state index in [1.807, 2.05) is 121 Å². The first-order valence-corrected chi connectivity index (χ1v) is 17.0. The molecule has 3 aliphatic rings. The minimum absolute atomic E-state index is 0.108. The van der Waals surface area contributed by atoms with Gasteiger partial charge in [-0.3, -0.25) is 9.59 Å². The summed E-state index contributed by atoms with van der Waals surface area (Å²) in [6.07, 6.45) is 2.42. The highest BCUT2D eigenvalue weighted by Crippen LogP contribution is 2.42. The van der Waals surface area contributed by atoms with E-state index in [0.717, 1.165) is 11.1 Å². The van der Waals surface area contributed by atoms with Crippen molar-refractivity contribution in [3.63, 3.8) is 0 Å². The number of para-hydroxylation sites is 4. The van der Waals surface area contributed by atoms with Gasteiger partial charge in [0.05, 0.1) is 26.4 Å². The first kappa shape index (κ1) is 33.2. The molecular weight excluding hydrogens is 636 g/mol. The predicted molar refractivity (Wildman–Crippen MR) is 185 cm³/mol. The molecule has 0 aliphatic carbocycles. The Bertz CT molecular complexity index is 1640. The Morgan fingerprint density at radius 3 is 1.34 bits per heavy atom. The quantitative estimate of drug-likeness (QED) is 0.209. The lowest BCUT2D eigenvalue weighted by atomic mass is 9.89. The van der Waals surface area contributed by atoms with Gasteiger partial charge in [-0.05, 0) is 48.6 Å². The summed E-state index contributed by atoms with van der Waals surface area (Å²) in [4.78, 5) is 30.3. The van der Waals surface area contributed by atoms with Gasteiger partial charge in [-0.25, -0.2) is 0 Å². The van der Waals surface area contributed by atoms with Crippen LogP contribution in [0.15, 0.2) is 121 Å². The Morgan fingerprint density at radius 2 is 0.900 bits per heavy atom. The van der Waals surface area contributed by atoms with Crippen molar-refractivity contribution in [2.24, 2.45) is 0 Å². The minimum Gasteiger partial charge on any atom is -0.489 e. The molecule has 7 rings (SSSR count). The van der Waals surface area contributed by atoms with Gasteiger partial charge >= 0.3 is 0 Å². The Labute approximate surface area is 291 Å². The Balaban J connectivity index is 1.09. The standard InChI is InChI=1S/C40H40N2O8/c43-39-37(49-29-13-3-1-4-14-29)35-31-17-7-9-19-33(31)47-23-11-12-24-48-34-20-10-8-18-32(34)36-38(50-30-15-5-2-6-16-30)40(44)42(36)22-26-46-28-27-45-25-21-41(35)39/h1-20,35-38H,21-28H2/b12-11+/t35-,36+,37+,38-. The number of amides is 2. The fourth-order valence-electron chi connectivity index (χ4n) is 6.49. The molecule has 3 heterocycles. The van der Waals surface area contributed by atoms with Crippen LogP contribution >= 0.6 is 0 Å². The lowest BCUT2D eigenvalue weighted by Crippen LogP contribution is -2.62. The highest BCUT2D eigenvalue weighted by molar-refractivity contribution is 5.90. The van der Waals surface area contributed by atoms with Crippen LogP contribution in [0.2, 0.25) is 0 Å². The average Bonchev–Trinajstić information content (AvgIpc) is 3.16. The van der Waals surface area contributed by atoms with Crippen molar-refractivity contribution in [2.75, 3.05) is 52.7 Å². The SMILES string of the molecule is O=C1[C@@H](Oc2ccccc2)[C@H]2c3ccccc3OC/C=C/COc3ccccc3[C@H]3[C@@H](Oc4ccccc4)C(=O)N3CCOCCOCCN12. The summed E-state index contributed by atoms with van der Waals surface area (Å²) in [6.45, 7) is 2.72. The van der Waals surface area contributed by atoms with Crippen molar-refractivity contribution in [1.29, 1.82) is 0 Å². The smallest absolute Gasteiger partial charge is 0.266 e. The van der Waals surface area contributed by atoms with E-state index in [1.54, 1.807) is 9.80 Å². The second-order valence-electron chi connectivity index (χ2n) is 12.0. The van der Waals surface area contributed by atoms with Gasteiger partial charge in [0.2, 0.25) is 12.2 Å². The number of hydrogen-bond acceptors (Lipinski definition) is 8. The number of β-lactam (4-membered cyclic amide) rings is 2. The number of nitrogens with zero attached hydrogens (tertiary/aromatic N) is 2. The minimum atomic E-state index is -0.689. The Hall–Kier alpha value is -5.32. The van der Waals surface area contributed by atoms with Crippen LogP contribution in [0, 0.1) is 0 Å². The largest absolute Gasteiger partial charge is 0.489 e. The van der Waals surface area contributed by atoms with E-state index in [2.05, 4.69) is 0 Å². The fourth-order valence-corrected chi connectivity index (χ4v) is 6.49. The molecule has 0 radical (unpaired) electrons. The molecule has 0 bridgehead atoms. The molecule has 10 nitrogen and oxygen atoms in total. The molecule has 4 atom stereocenters. The summed E-state index contributed by atoms with van der Waals surface area (Å²) in [5, 5.41) is 0. The number of carbonyl (C=O) groups is 2. The summed E-state index contributed by atoms with van der Waals surface area (Å²) >= 11 is 0. The van der Waals surface area contributed by atoms with E-state index in [-0.39, 0.29) is 23.9 Å². The van der Waals surface area contributed by atoms with Gasteiger partial charge in [0.25, 0.3) is 11.8 Å². The van der Waals surface area contributed by atoms with Gasteiger partial charge in [-0.1, -0.05) is 72.8 Å². The molecule has 2 saturated heterocycles. The van der Waals surface area contributed by atoms with Crippen LogP contribution < -0.4 is 18.9 Å². The van der Waals surface area contributed by atoms with Crippen molar-refractivity contribution in [2.45, 2.75) is 24.3 Å². The maximum Gasteiger partial charge on any atom is 0.266 e. The first-order valence-electron chi connectivity index (χ1n) is 17.0. The Kier molecular flexibility index (Phi) is 10.6. The monoisotopic (exact) mass is 676 g/mol. The van der Waals surface area contributed by atoms with Crippen LogP contribution in [0.3, 0.4) is 0 Å². The summed E-state index contributed by atoms with van der Waals surface area (Å²) in [6, 6.07) is 33.5. The van der Waals surface area contributed by atoms with Crippen LogP contribution in [-0.4, -0.2) is 86.6 Å². The van der Waals surface area contributed by atoms with Gasteiger partial charge < -0.3 is 38.2 Å². The number of carbonyl (C=O) groups excluding carboxylic acids is 2. The topological polar surface area (TPSA) is 96.0 Å². The van der Waals surface area contributed by atoms with Crippen molar-refractivity contribution in [3.05, 3.63) is 132 Å². The van der Waals surface area contributed by atoms with Crippen LogP contribution in [0.4, 0.5) is 0 Å². The summed E-state index contributed by atoms with van der Waals surface area (Å²) < 4.78 is 36.6. The molecule has 0 spiro atoms. The van der Waals surface area contributed by atoms with E-state index >= 15 is 0 Å². The van der Waals surface area contributed by atoms with Crippen LogP contribution in [0.5, 0.6) is 23.0 Å². The zero-order valence-electron chi connectivity index (χ0n) is 27.7. The van der Waals surface area contributed by atoms with Gasteiger partial charge in [0, 0.05) is 24.2 Å². The maximum atomic E-state index is 13.4. The molecule has 50 heavy (non-hydrogen) atoms. The summed E-state index contributed by atoms with van der Waals surface area (Å²) in [5.74, 6) is 2.38. The second-order valence-corrected chi connectivity index (χ2v) is 12.0. The molecule has 0 saturated carbocycles. The third-order valence-corrected chi connectivity index (χ3v) is 8.95. The summed E-state index contributed by atoms with van der Waals surface area (Å²) in [7, 11) is 0. The molecule has 2 amide bonds. The van der Waals surface area contributed by atoms with Crippen LogP contribution in [-0.2, 0) is 19.1 Å². The molecule has 10 heteroatoms. The fraction of sp³-hybridized carbons (Fsp3) is 0.300. The summed E-state index contributed by atoms with van der Waals surface area (Å²) in [5.41, 5.74) is 1.73. The number of fused-ring (bicyclic) bond motifs is 6. The van der Waals surface area contributed by atoms with E-state index < -0.39 is 12.2 Å². The van der Waals surface area contributed by atoms with Crippen LogP contribution in [0.25, 0.3) is 0 Å². The molecule has 0 N–H and O–H groups in total. The van der Waals surface area contributed by atoms with Gasteiger partial charge in [-0.2, -0.15) is 0 Å². The predicted octanol–water partition coefficient (Wildman–Crippen LogP) is 5.41. The third-order valence-electron chi connectivity index (χ3n) is 8.95. The zero-order chi connectivity index (χ0) is 34.1. The van der Waals surface area contributed by atoms with Gasteiger partial charge in [0.15, 0.2) is 0 Å². The van der Waals surface area contributed by atoms with Crippen molar-refractivity contribution in [3.8, 4) is 23.0 Å². The number of benzene rings is 4. The third kappa shape index (κ3) is 7.31. The van der Waals surface area contributed by atoms with E-state index in [1.165, 1.54) is 0 Å². The van der Waals surface area contributed by atoms with Crippen molar-refractivity contribution < 1.29 is 38.0 Å². The van der Waals surface area contributed by atoms with E-state index in [4.69, 9.17) is 28.4 Å². The molecule has 4 aromatic carbocycles. The molecule has 2 fully saturated rings. The maximum absolute atomic E-state index is 13.4. The van der Waals surface area contributed by atoms with Gasteiger partial charge in [-0.15, -0.1) is 0 Å². The van der Waals surface area contributed by atoms with Gasteiger partial charge in [0.1, 0.15) is 48.3 Å². The molecule has 4 aromatic rings. The Morgan fingerprint density at radius 1 is 0.500 bits per heavy atom. The number of hydrogen-bond donors (Lipinski definition) is 0.